The minimum absolute atomic E-state index is 0.0548. The number of nitrogens with one attached hydrogen (secondary N) is 1. The lowest BCUT2D eigenvalue weighted by molar-refractivity contribution is 0.0827. The molecule has 1 amide bonds. The highest BCUT2D eigenvalue weighted by Crippen LogP contribution is 2.31. The van der Waals surface area contributed by atoms with E-state index in [0.717, 1.165) is 22.7 Å². The second kappa shape index (κ2) is 11.3. The van der Waals surface area contributed by atoms with E-state index in [2.05, 4.69) is 19.2 Å². The average molecular weight is 415 g/mol. The van der Waals surface area contributed by atoms with E-state index in [9.17, 15) is 4.79 Å². The van der Waals surface area contributed by atoms with Crippen LogP contribution in [0.15, 0.2) is 36.4 Å². The summed E-state index contributed by atoms with van der Waals surface area (Å²) in [6, 6.07) is 11.4. The summed E-state index contributed by atoms with van der Waals surface area (Å²) in [5, 5.41) is 3.40. The summed E-state index contributed by atoms with van der Waals surface area (Å²) in [5.41, 5.74) is 2.50. The zero-order chi connectivity index (χ0) is 22.1. The Morgan fingerprint density at radius 3 is 2.27 bits per heavy atom. The fourth-order valence-corrected chi connectivity index (χ4v) is 2.84. The molecule has 0 bridgehead atoms. The van der Waals surface area contributed by atoms with Crippen LogP contribution < -0.4 is 19.5 Å². The quantitative estimate of drug-likeness (QED) is 0.570. The van der Waals surface area contributed by atoms with Gasteiger partial charge in [-0.05, 0) is 55.7 Å². The first-order valence-electron chi connectivity index (χ1n) is 10.5. The molecule has 0 fully saturated rings. The van der Waals surface area contributed by atoms with Crippen molar-refractivity contribution in [2.75, 3.05) is 39.2 Å². The summed E-state index contributed by atoms with van der Waals surface area (Å²) in [6.07, 6.45) is 0. The number of carbonyl (C=O) groups excluding carboxylic acids is 1. The Bertz CT molecular complexity index is 834. The van der Waals surface area contributed by atoms with Gasteiger partial charge in [-0.15, -0.1) is 0 Å². The molecule has 164 valence electrons. The molecule has 0 aliphatic rings. The Morgan fingerprint density at radius 1 is 0.933 bits per heavy atom. The summed E-state index contributed by atoms with van der Waals surface area (Å²) < 4.78 is 17.4. The van der Waals surface area contributed by atoms with Gasteiger partial charge in [-0.1, -0.05) is 19.9 Å². The van der Waals surface area contributed by atoms with Crippen LogP contribution in [0.3, 0.4) is 0 Å². The van der Waals surface area contributed by atoms with Crippen LogP contribution >= 0.6 is 0 Å². The molecule has 0 heterocycles. The van der Waals surface area contributed by atoms with Crippen LogP contribution in [0.25, 0.3) is 0 Å². The van der Waals surface area contributed by atoms with Gasteiger partial charge in [-0.3, -0.25) is 4.79 Å². The highest BCUT2D eigenvalue weighted by atomic mass is 16.5. The molecule has 0 saturated carbocycles. The molecule has 0 unspecified atom stereocenters. The van der Waals surface area contributed by atoms with Crippen molar-refractivity contribution in [2.45, 2.75) is 34.2 Å². The van der Waals surface area contributed by atoms with Crippen molar-refractivity contribution in [2.24, 2.45) is 5.92 Å². The molecule has 6 nitrogen and oxygen atoms in total. The van der Waals surface area contributed by atoms with E-state index in [1.807, 2.05) is 44.2 Å². The van der Waals surface area contributed by atoms with Gasteiger partial charge in [0.05, 0.1) is 25.5 Å². The maximum atomic E-state index is 12.2. The van der Waals surface area contributed by atoms with E-state index in [0.29, 0.717) is 43.6 Å². The summed E-state index contributed by atoms with van der Waals surface area (Å²) in [7, 11) is 3.47. The van der Waals surface area contributed by atoms with Crippen LogP contribution in [-0.2, 0) is 6.54 Å². The highest BCUT2D eigenvalue weighted by Gasteiger charge is 2.13. The maximum absolute atomic E-state index is 12.2. The monoisotopic (exact) mass is 414 g/mol. The Morgan fingerprint density at radius 2 is 1.63 bits per heavy atom. The third kappa shape index (κ3) is 6.58. The van der Waals surface area contributed by atoms with Gasteiger partial charge in [0.2, 0.25) is 0 Å². The topological polar surface area (TPSA) is 60.0 Å². The Kier molecular flexibility index (Phi) is 8.84. The van der Waals surface area contributed by atoms with E-state index >= 15 is 0 Å². The van der Waals surface area contributed by atoms with Crippen LogP contribution in [0.1, 0.15) is 43.6 Å². The zero-order valence-corrected chi connectivity index (χ0v) is 19.0. The van der Waals surface area contributed by atoms with Crippen LogP contribution in [0.4, 0.5) is 5.69 Å². The summed E-state index contributed by atoms with van der Waals surface area (Å²) in [4.78, 5) is 13.8. The van der Waals surface area contributed by atoms with Crippen LogP contribution in [0.5, 0.6) is 17.2 Å². The minimum atomic E-state index is -0.0548. The number of amides is 1. The number of benzene rings is 2. The largest absolute Gasteiger partial charge is 0.492 e. The zero-order valence-electron chi connectivity index (χ0n) is 19.0. The summed E-state index contributed by atoms with van der Waals surface area (Å²) >= 11 is 0. The predicted octanol–water partition coefficient (Wildman–Crippen LogP) is 4.83. The molecule has 2 rings (SSSR count). The highest BCUT2D eigenvalue weighted by molar-refractivity contribution is 5.95. The molecule has 0 aliphatic heterocycles. The van der Waals surface area contributed by atoms with Crippen molar-refractivity contribution >= 4 is 11.6 Å². The van der Waals surface area contributed by atoms with Crippen molar-refractivity contribution < 1.29 is 19.0 Å². The Balaban J connectivity index is 2.17. The number of hydrogen-bond donors (Lipinski definition) is 1. The smallest absolute Gasteiger partial charge is 0.253 e. The lowest BCUT2D eigenvalue weighted by Crippen LogP contribution is -2.21. The first-order valence-corrected chi connectivity index (χ1v) is 10.5. The third-order valence-corrected chi connectivity index (χ3v) is 4.30. The molecule has 0 saturated heterocycles. The number of nitrogens with zero attached hydrogens (tertiary/aromatic N) is 1. The SMILES string of the molecule is CCOc1cc(C(=O)N(C)C)ccc1NCc1ccc(OCC(C)C)c(OCC)c1. The van der Waals surface area contributed by atoms with Gasteiger partial charge in [0.1, 0.15) is 5.75 Å². The summed E-state index contributed by atoms with van der Waals surface area (Å²) in [5.74, 6) is 2.55. The molecule has 1 N–H and O–H groups in total. The van der Waals surface area contributed by atoms with E-state index in [4.69, 9.17) is 14.2 Å². The van der Waals surface area contributed by atoms with Gasteiger partial charge in [-0.25, -0.2) is 0 Å². The normalized spacial score (nSPS) is 10.6. The lowest BCUT2D eigenvalue weighted by Gasteiger charge is -2.17. The molecule has 2 aromatic carbocycles. The third-order valence-electron chi connectivity index (χ3n) is 4.30. The molecular formula is C24H34N2O4. The molecule has 2 aromatic rings. The number of anilines is 1. The van der Waals surface area contributed by atoms with E-state index in [-0.39, 0.29) is 5.91 Å². The standard InChI is InChI=1S/C24H34N2O4/c1-7-28-22-14-19(24(27)26(5)6)10-11-20(22)25-15-18-9-12-21(30-16-17(3)4)23(13-18)29-8-2/h9-14,17,25H,7-8,15-16H2,1-6H3. The van der Waals surface area contributed by atoms with Gasteiger partial charge in [0.25, 0.3) is 5.91 Å². The van der Waals surface area contributed by atoms with Gasteiger partial charge >= 0.3 is 0 Å². The van der Waals surface area contributed by atoms with E-state index < -0.39 is 0 Å². The lowest BCUT2D eigenvalue weighted by atomic mass is 10.1. The van der Waals surface area contributed by atoms with Gasteiger partial charge in [0, 0.05) is 26.2 Å². The predicted molar refractivity (Wildman–Crippen MR) is 121 cm³/mol. The van der Waals surface area contributed by atoms with Gasteiger partial charge < -0.3 is 24.4 Å². The first kappa shape index (κ1) is 23.4. The number of ether oxygens (including phenoxy) is 3. The second-order valence-electron chi connectivity index (χ2n) is 7.62. The number of rotatable bonds is 11. The Labute approximate surface area is 180 Å². The Hall–Kier alpha value is -2.89. The number of hydrogen-bond acceptors (Lipinski definition) is 5. The van der Waals surface area contributed by atoms with Crippen molar-refractivity contribution in [1.29, 1.82) is 0 Å². The van der Waals surface area contributed by atoms with E-state index in [1.165, 1.54) is 0 Å². The van der Waals surface area contributed by atoms with Gasteiger partial charge in [-0.2, -0.15) is 0 Å². The molecule has 0 radical (unpaired) electrons. The van der Waals surface area contributed by atoms with Crippen molar-refractivity contribution in [3.8, 4) is 17.2 Å². The van der Waals surface area contributed by atoms with Crippen molar-refractivity contribution in [3.05, 3.63) is 47.5 Å². The molecule has 0 aliphatic carbocycles. The fourth-order valence-electron chi connectivity index (χ4n) is 2.84. The first-order chi connectivity index (χ1) is 14.3. The van der Waals surface area contributed by atoms with E-state index in [1.54, 1.807) is 25.1 Å². The molecule has 0 spiro atoms. The van der Waals surface area contributed by atoms with Crippen LogP contribution in [0, 0.1) is 5.92 Å². The molecule has 0 aromatic heterocycles. The van der Waals surface area contributed by atoms with Crippen molar-refractivity contribution in [3.63, 3.8) is 0 Å². The molecular weight excluding hydrogens is 380 g/mol. The minimum Gasteiger partial charge on any atom is -0.492 e. The van der Waals surface area contributed by atoms with Crippen molar-refractivity contribution in [1.82, 2.24) is 4.90 Å². The molecule has 30 heavy (non-hydrogen) atoms. The van der Waals surface area contributed by atoms with Gasteiger partial charge in [0.15, 0.2) is 11.5 Å². The molecule has 0 atom stereocenters. The average Bonchev–Trinajstić information content (AvgIpc) is 2.71. The number of carbonyl (C=O) groups is 1. The summed E-state index contributed by atoms with van der Waals surface area (Å²) in [6.45, 7) is 10.4. The van der Waals surface area contributed by atoms with Crippen LogP contribution in [-0.4, -0.2) is 44.7 Å². The van der Waals surface area contributed by atoms with Crippen LogP contribution in [0.2, 0.25) is 0 Å². The molecule has 6 heteroatoms. The maximum Gasteiger partial charge on any atom is 0.253 e. The second-order valence-corrected chi connectivity index (χ2v) is 7.62. The fraction of sp³-hybridized carbons (Fsp3) is 0.458.